The molecular weight excluding hydrogens is 260 g/mol. The molecule has 112 valence electrons. The van der Waals surface area contributed by atoms with Gasteiger partial charge in [-0.2, -0.15) is 0 Å². The van der Waals surface area contributed by atoms with Crippen molar-refractivity contribution in [3.63, 3.8) is 0 Å². The van der Waals surface area contributed by atoms with Crippen LogP contribution in [0.1, 0.15) is 44.4 Å². The van der Waals surface area contributed by atoms with Gasteiger partial charge in [0.1, 0.15) is 11.2 Å². The maximum absolute atomic E-state index is 5.79. The Bertz CT molecular complexity index is 586. The van der Waals surface area contributed by atoms with Crippen LogP contribution in [0.5, 0.6) is 0 Å². The van der Waals surface area contributed by atoms with Gasteiger partial charge in [0.15, 0.2) is 0 Å². The SMILES string of the molecule is Cc1cccc(C(C)(C)OOC(C)(C)c2ccccc2)c1. The van der Waals surface area contributed by atoms with Crippen LogP contribution in [0, 0.1) is 6.92 Å². The lowest BCUT2D eigenvalue weighted by Crippen LogP contribution is -2.29. The molecule has 0 aliphatic heterocycles. The van der Waals surface area contributed by atoms with Crippen LogP contribution in [-0.4, -0.2) is 0 Å². The molecule has 0 aliphatic rings. The van der Waals surface area contributed by atoms with E-state index in [-0.39, 0.29) is 0 Å². The zero-order valence-electron chi connectivity index (χ0n) is 13.5. The molecule has 0 bridgehead atoms. The molecule has 0 unspecified atom stereocenters. The van der Waals surface area contributed by atoms with Crippen molar-refractivity contribution < 1.29 is 9.78 Å². The molecule has 0 heterocycles. The molecule has 0 aliphatic carbocycles. The summed E-state index contributed by atoms with van der Waals surface area (Å²) in [5.41, 5.74) is 2.41. The van der Waals surface area contributed by atoms with Gasteiger partial charge >= 0.3 is 0 Å². The fraction of sp³-hybridized carbons (Fsp3) is 0.368. The van der Waals surface area contributed by atoms with Gasteiger partial charge in [0, 0.05) is 0 Å². The predicted octanol–water partition coefficient (Wildman–Crippen LogP) is 5.11. The van der Waals surface area contributed by atoms with Crippen LogP contribution in [0.3, 0.4) is 0 Å². The first-order chi connectivity index (χ1) is 9.81. The molecule has 0 N–H and O–H groups in total. The van der Waals surface area contributed by atoms with Gasteiger partial charge in [-0.15, -0.1) is 0 Å². The molecule has 0 fully saturated rings. The van der Waals surface area contributed by atoms with Crippen molar-refractivity contribution in [2.24, 2.45) is 0 Å². The third-order valence-corrected chi connectivity index (χ3v) is 3.64. The monoisotopic (exact) mass is 284 g/mol. The second-order valence-electron chi connectivity index (χ2n) is 6.42. The smallest absolute Gasteiger partial charge is 0.123 e. The number of hydrogen-bond acceptors (Lipinski definition) is 2. The van der Waals surface area contributed by atoms with Gasteiger partial charge in [0.25, 0.3) is 0 Å². The molecule has 2 heteroatoms. The molecule has 0 saturated heterocycles. The summed E-state index contributed by atoms with van der Waals surface area (Å²) in [6.07, 6.45) is 0. The second-order valence-corrected chi connectivity index (χ2v) is 6.42. The van der Waals surface area contributed by atoms with Crippen LogP contribution in [0.2, 0.25) is 0 Å². The van der Waals surface area contributed by atoms with Gasteiger partial charge in [-0.1, -0.05) is 60.2 Å². The fourth-order valence-corrected chi connectivity index (χ4v) is 2.16. The minimum Gasteiger partial charge on any atom is -0.225 e. The van der Waals surface area contributed by atoms with Gasteiger partial charge in [0.05, 0.1) is 0 Å². The van der Waals surface area contributed by atoms with Crippen molar-refractivity contribution in [3.8, 4) is 0 Å². The zero-order valence-corrected chi connectivity index (χ0v) is 13.5. The Morgan fingerprint density at radius 3 is 1.76 bits per heavy atom. The average Bonchev–Trinajstić information content (AvgIpc) is 2.46. The quantitative estimate of drug-likeness (QED) is 0.561. The van der Waals surface area contributed by atoms with Crippen molar-refractivity contribution >= 4 is 0 Å². The molecule has 0 aromatic heterocycles. The normalized spacial score (nSPS) is 12.4. The van der Waals surface area contributed by atoms with Crippen molar-refractivity contribution in [2.75, 3.05) is 0 Å². The molecule has 2 aromatic carbocycles. The Morgan fingerprint density at radius 2 is 1.19 bits per heavy atom. The summed E-state index contributed by atoms with van der Waals surface area (Å²) in [4.78, 5) is 11.6. The topological polar surface area (TPSA) is 18.5 Å². The van der Waals surface area contributed by atoms with E-state index in [9.17, 15) is 0 Å². The lowest BCUT2D eigenvalue weighted by molar-refractivity contribution is -0.410. The Kier molecular flexibility index (Phi) is 4.50. The summed E-state index contributed by atoms with van der Waals surface area (Å²) >= 11 is 0. The van der Waals surface area contributed by atoms with Crippen molar-refractivity contribution in [1.29, 1.82) is 0 Å². The lowest BCUT2D eigenvalue weighted by atomic mass is 9.96. The van der Waals surface area contributed by atoms with E-state index in [0.717, 1.165) is 11.1 Å². The third-order valence-electron chi connectivity index (χ3n) is 3.64. The van der Waals surface area contributed by atoms with Crippen molar-refractivity contribution in [2.45, 2.75) is 45.8 Å². The molecule has 0 atom stereocenters. The summed E-state index contributed by atoms with van der Waals surface area (Å²) in [5.74, 6) is 0. The van der Waals surface area contributed by atoms with Crippen LogP contribution in [0.25, 0.3) is 0 Å². The summed E-state index contributed by atoms with van der Waals surface area (Å²) in [5, 5.41) is 0. The highest BCUT2D eigenvalue weighted by Crippen LogP contribution is 2.31. The minimum atomic E-state index is -0.502. The highest BCUT2D eigenvalue weighted by molar-refractivity contribution is 5.26. The van der Waals surface area contributed by atoms with Gasteiger partial charge in [-0.25, -0.2) is 9.78 Å². The number of rotatable bonds is 5. The van der Waals surface area contributed by atoms with Gasteiger partial charge < -0.3 is 0 Å². The Labute approximate surface area is 127 Å². The minimum absolute atomic E-state index is 0.498. The molecule has 0 spiro atoms. The first kappa shape index (κ1) is 15.7. The maximum Gasteiger partial charge on any atom is 0.123 e. The summed E-state index contributed by atoms with van der Waals surface area (Å²) in [6, 6.07) is 18.4. The van der Waals surface area contributed by atoms with E-state index in [4.69, 9.17) is 9.78 Å². The van der Waals surface area contributed by atoms with Gasteiger partial charge in [-0.3, -0.25) is 0 Å². The second kappa shape index (κ2) is 6.00. The van der Waals surface area contributed by atoms with Gasteiger partial charge in [-0.05, 0) is 45.7 Å². The predicted molar refractivity (Wildman–Crippen MR) is 85.8 cm³/mol. The number of hydrogen-bond donors (Lipinski definition) is 0. The standard InChI is InChI=1S/C19H24O2/c1-15-10-9-13-17(14-15)19(4,5)21-20-18(2,3)16-11-7-6-8-12-16/h6-14H,1-5H3. The van der Waals surface area contributed by atoms with E-state index in [2.05, 4.69) is 25.1 Å². The lowest BCUT2D eigenvalue weighted by Gasteiger charge is -2.31. The Balaban J connectivity index is 2.11. The molecule has 2 aromatic rings. The molecule has 0 amide bonds. The highest BCUT2D eigenvalue weighted by Gasteiger charge is 2.29. The van der Waals surface area contributed by atoms with Crippen molar-refractivity contribution in [1.82, 2.24) is 0 Å². The summed E-state index contributed by atoms with van der Waals surface area (Å²) in [6.45, 7) is 10.1. The van der Waals surface area contributed by atoms with E-state index in [0.29, 0.717) is 0 Å². The average molecular weight is 284 g/mol. The first-order valence-electron chi connectivity index (χ1n) is 7.31. The van der Waals surface area contributed by atoms with Crippen molar-refractivity contribution in [3.05, 3.63) is 71.3 Å². The fourth-order valence-electron chi connectivity index (χ4n) is 2.16. The van der Waals surface area contributed by atoms with Crippen LogP contribution in [0.15, 0.2) is 54.6 Å². The summed E-state index contributed by atoms with van der Waals surface area (Å²) < 4.78 is 0. The van der Waals surface area contributed by atoms with Crippen LogP contribution < -0.4 is 0 Å². The van der Waals surface area contributed by atoms with E-state index in [1.165, 1.54) is 5.56 Å². The molecular formula is C19H24O2. The molecule has 21 heavy (non-hydrogen) atoms. The van der Waals surface area contributed by atoms with Crippen LogP contribution in [-0.2, 0) is 21.0 Å². The number of aryl methyl sites for hydroxylation is 1. The van der Waals surface area contributed by atoms with E-state index in [1.807, 2.05) is 64.1 Å². The van der Waals surface area contributed by atoms with Crippen LogP contribution in [0.4, 0.5) is 0 Å². The van der Waals surface area contributed by atoms with Crippen LogP contribution >= 0.6 is 0 Å². The van der Waals surface area contributed by atoms with E-state index >= 15 is 0 Å². The Hall–Kier alpha value is -1.64. The highest BCUT2D eigenvalue weighted by atomic mass is 17.2. The number of benzene rings is 2. The first-order valence-corrected chi connectivity index (χ1v) is 7.31. The summed E-state index contributed by atoms with van der Waals surface area (Å²) in [7, 11) is 0. The Morgan fingerprint density at radius 1 is 0.667 bits per heavy atom. The van der Waals surface area contributed by atoms with E-state index < -0.39 is 11.2 Å². The third kappa shape index (κ3) is 3.93. The molecule has 2 nitrogen and oxygen atoms in total. The van der Waals surface area contributed by atoms with Gasteiger partial charge in [0.2, 0.25) is 0 Å². The molecule has 0 radical (unpaired) electrons. The molecule has 2 rings (SSSR count). The largest absolute Gasteiger partial charge is 0.225 e. The maximum atomic E-state index is 5.79. The molecule has 0 saturated carbocycles. The zero-order chi connectivity index (χ0) is 15.5. The van der Waals surface area contributed by atoms with E-state index in [1.54, 1.807) is 0 Å².